The van der Waals surface area contributed by atoms with E-state index in [4.69, 9.17) is 9.47 Å². The highest BCUT2D eigenvalue weighted by atomic mass is 32.2. The summed E-state index contributed by atoms with van der Waals surface area (Å²) in [6.07, 6.45) is 34.7. The fourth-order valence-electron chi connectivity index (χ4n) is 6.60. The lowest BCUT2D eigenvalue weighted by molar-refractivity contribution is -0.271. The standard InChI is InChI=1S/C41H82O5S2/c1-3-5-7-9-11-13-15-17-19-21-23-25-27-29-31-47-35-37(33-45-41-40(44)39(43)38(42)34-46-41)36-48-32-30-28-26-24-22-20-18-16-14-12-10-8-6-4-2/h37-44H,3-36H2,1-2H3/t38-,39+,40-,41-/m1/s1. The first-order valence-corrected chi connectivity index (χ1v) is 23.3. The van der Waals surface area contributed by atoms with E-state index in [9.17, 15) is 15.3 Å². The molecule has 5 nitrogen and oxygen atoms in total. The zero-order chi connectivity index (χ0) is 34.8. The second-order valence-electron chi connectivity index (χ2n) is 14.8. The van der Waals surface area contributed by atoms with Crippen LogP contribution in [0.25, 0.3) is 0 Å². The van der Waals surface area contributed by atoms with Crippen molar-refractivity contribution >= 4 is 23.5 Å². The monoisotopic (exact) mass is 719 g/mol. The smallest absolute Gasteiger partial charge is 0.186 e. The van der Waals surface area contributed by atoms with Crippen LogP contribution in [0, 0.1) is 5.92 Å². The van der Waals surface area contributed by atoms with Gasteiger partial charge >= 0.3 is 0 Å². The Morgan fingerprint density at radius 3 is 1.19 bits per heavy atom. The Balaban J connectivity index is 2.11. The van der Waals surface area contributed by atoms with E-state index in [1.807, 2.05) is 23.5 Å². The van der Waals surface area contributed by atoms with Crippen LogP contribution >= 0.6 is 23.5 Å². The molecule has 0 aromatic rings. The van der Waals surface area contributed by atoms with E-state index in [0.29, 0.717) is 12.5 Å². The zero-order valence-corrected chi connectivity index (χ0v) is 33.5. The summed E-state index contributed by atoms with van der Waals surface area (Å²) in [5, 5.41) is 30.1. The number of rotatable bonds is 37. The average Bonchev–Trinajstić information content (AvgIpc) is 3.09. The molecule has 0 aromatic carbocycles. The van der Waals surface area contributed by atoms with Gasteiger partial charge in [-0.3, -0.25) is 0 Å². The fraction of sp³-hybridized carbons (Fsp3) is 1.00. The van der Waals surface area contributed by atoms with Gasteiger partial charge in [0.1, 0.15) is 18.3 Å². The summed E-state index contributed by atoms with van der Waals surface area (Å²) in [4.78, 5) is 0. The van der Waals surface area contributed by atoms with Crippen molar-refractivity contribution in [2.45, 2.75) is 218 Å². The summed E-state index contributed by atoms with van der Waals surface area (Å²) >= 11 is 4.07. The number of aliphatic hydroxyl groups excluding tert-OH is 3. The maximum absolute atomic E-state index is 10.3. The van der Waals surface area contributed by atoms with Crippen LogP contribution in [0.15, 0.2) is 0 Å². The molecule has 0 radical (unpaired) electrons. The molecule has 0 saturated carbocycles. The van der Waals surface area contributed by atoms with Crippen molar-refractivity contribution in [3.63, 3.8) is 0 Å². The highest BCUT2D eigenvalue weighted by Crippen LogP contribution is 2.23. The Kier molecular flexibility index (Phi) is 34.8. The molecular formula is C41H82O5S2. The predicted octanol–water partition coefficient (Wildman–Crippen LogP) is 11.5. The number of thioether (sulfide) groups is 2. The van der Waals surface area contributed by atoms with Crippen molar-refractivity contribution in [1.29, 1.82) is 0 Å². The van der Waals surface area contributed by atoms with E-state index in [0.717, 1.165) is 11.5 Å². The third kappa shape index (κ3) is 28.1. The number of unbranched alkanes of at least 4 members (excludes halogenated alkanes) is 26. The number of ether oxygens (including phenoxy) is 2. The van der Waals surface area contributed by atoms with Crippen LogP contribution in [-0.4, -0.2) is 76.1 Å². The van der Waals surface area contributed by atoms with E-state index in [1.165, 1.54) is 191 Å². The summed E-state index contributed by atoms with van der Waals surface area (Å²) in [5.41, 5.74) is 0. The number of hydrogen-bond donors (Lipinski definition) is 3. The number of hydrogen-bond acceptors (Lipinski definition) is 7. The molecule has 0 spiro atoms. The minimum atomic E-state index is -1.22. The minimum absolute atomic E-state index is 0.00465. The molecule has 1 aliphatic heterocycles. The van der Waals surface area contributed by atoms with Gasteiger partial charge in [0.2, 0.25) is 0 Å². The van der Waals surface area contributed by atoms with Gasteiger partial charge in [0, 0.05) is 5.92 Å². The summed E-state index contributed by atoms with van der Waals surface area (Å²) < 4.78 is 11.5. The quantitative estimate of drug-likeness (QED) is 0.0552. The lowest BCUT2D eigenvalue weighted by atomic mass is 10.0. The molecular weight excluding hydrogens is 637 g/mol. The SMILES string of the molecule is CCCCCCCCCCCCCCCCSCC(CO[C@@H]1OC[C@@H](O)[C@H](O)[C@H]1O)CSCCCCCCCCCCCCCCCC. The zero-order valence-electron chi connectivity index (χ0n) is 31.9. The minimum Gasteiger partial charge on any atom is -0.388 e. The van der Waals surface area contributed by atoms with Crippen LogP contribution in [0.2, 0.25) is 0 Å². The van der Waals surface area contributed by atoms with Crippen molar-refractivity contribution in [3.05, 3.63) is 0 Å². The predicted molar refractivity (Wildman–Crippen MR) is 212 cm³/mol. The van der Waals surface area contributed by atoms with Crippen LogP contribution in [0.4, 0.5) is 0 Å². The van der Waals surface area contributed by atoms with Crippen LogP contribution in [0.5, 0.6) is 0 Å². The van der Waals surface area contributed by atoms with Crippen molar-refractivity contribution in [3.8, 4) is 0 Å². The summed E-state index contributed by atoms with van der Waals surface area (Å²) in [6.45, 7) is 5.09. The Labute approximate surface area is 307 Å². The average molecular weight is 719 g/mol. The maximum Gasteiger partial charge on any atom is 0.186 e. The van der Waals surface area contributed by atoms with Crippen molar-refractivity contribution in [1.82, 2.24) is 0 Å². The van der Waals surface area contributed by atoms with Crippen LogP contribution in [-0.2, 0) is 9.47 Å². The van der Waals surface area contributed by atoms with Crippen molar-refractivity contribution < 1.29 is 24.8 Å². The molecule has 1 aliphatic rings. The Morgan fingerprint density at radius 2 is 0.833 bits per heavy atom. The van der Waals surface area contributed by atoms with Crippen LogP contribution in [0.1, 0.15) is 194 Å². The summed E-state index contributed by atoms with van der Waals surface area (Å²) in [6, 6.07) is 0. The summed E-state index contributed by atoms with van der Waals surface area (Å²) in [7, 11) is 0. The second kappa shape index (κ2) is 35.9. The van der Waals surface area contributed by atoms with Gasteiger partial charge in [-0.15, -0.1) is 0 Å². The van der Waals surface area contributed by atoms with Gasteiger partial charge in [0.15, 0.2) is 6.29 Å². The van der Waals surface area contributed by atoms with Crippen LogP contribution in [0.3, 0.4) is 0 Å². The van der Waals surface area contributed by atoms with Crippen LogP contribution < -0.4 is 0 Å². The largest absolute Gasteiger partial charge is 0.388 e. The molecule has 1 saturated heterocycles. The normalized spacial score (nSPS) is 19.9. The lowest BCUT2D eigenvalue weighted by Gasteiger charge is -2.35. The van der Waals surface area contributed by atoms with Gasteiger partial charge in [0.05, 0.1) is 13.2 Å². The van der Waals surface area contributed by atoms with Gasteiger partial charge in [-0.1, -0.05) is 181 Å². The molecule has 1 fully saturated rings. The molecule has 0 aromatic heterocycles. The number of aliphatic hydroxyl groups is 3. The van der Waals surface area contributed by atoms with Gasteiger partial charge in [0.25, 0.3) is 0 Å². The van der Waals surface area contributed by atoms with Gasteiger partial charge in [-0.2, -0.15) is 23.5 Å². The first-order valence-electron chi connectivity index (χ1n) is 21.0. The van der Waals surface area contributed by atoms with Gasteiger partial charge in [-0.25, -0.2) is 0 Å². The molecule has 1 rings (SSSR count). The van der Waals surface area contributed by atoms with Gasteiger partial charge < -0.3 is 24.8 Å². The fourth-order valence-corrected chi connectivity index (χ4v) is 8.99. The topological polar surface area (TPSA) is 79.2 Å². The molecule has 288 valence electrons. The molecule has 3 N–H and O–H groups in total. The maximum atomic E-state index is 10.3. The molecule has 1 heterocycles. The van der Waals surface area contributed by atoms with Gasteiger partial charge in [-0.05, 0) is 35.9 Å². The first-order chi connectivity index (χ1) is 23.6. The molecule has 48 heavy (non-hydrogen) atoms. The lowest BCUT2D eigenvalue weighted by Crippen LogP contribution is -2.54. The van der Waals surface area contributed by atoms with E-state index in [2.05, 4.69) is 13.8 Å². The van der Waals surface area contributed by atoms with E-state index in [-0.39, 0.29) is 6.61 Å². The first kappa shape index (κ1) is 46.5. The van der Waals surface area contributed by atoms with E-state index >= 15 is 0 Å². The third-order valence-corrected chi connectivity index (χ3v) is 12.5. The molecule has 0 bridgehead atoms. The Bertz CT molecular complexity index is 606. The third-order valence-electron chi connectivity index (χ3n) is 9.94. The molecule has 0 aliphatic carbocycles. The highest BCUT2D eigenvalue weighted by molar-refractivity contribution is 8.00. The Morgan fingerprint density at radius 1 is 0.500 bits per heavy atom. The highest BCUT2D eigenvalue weighted by Gasteiger charge is 2.38. The van der Waals surface area contributed by atoms with E-state index < -0.39 is 24.6 Å². The molecule has 7 heteroatoms. The van der Waals surface area contributed by atoms with Crippen molar-refractivity contribution in [2.75, 3.05) is 36.2 Å². The summed E-state index contributed by atoms with van der Waals surface area (Å²) in [5.74, 6) is 4.89. The molecule has 0 unspecified atom stereocenters. The second-order valence-corrected chi connectivity index (χ2v) is 17.1. The molecule has 0 amide bonds. The van der Waals surface area contributed by atoms with Crippen molar-refractivity contribution in [2.24, 2.45) is 5.92 Å². The van der Waals surface area contributed by atoms with E-state index in [1.54, 1.807) is 0 Å². The molecule has 4 atom stereocenters. The Hall–Kier alpha value is 0.500.